The number of nitrogens with one attached hydrogen (secondary N) is 1. The lowest BCUT2D eigenvalue weighted by molar-refractivity contribution is 0.471. The lowest BCUT2D eigenvalue weighted by Crippen LogP contribution is -2.23. The van der Waals surface area contributed by atoms with Crippen LogP contribution in [0.1, 0.15) is 31.9 Å². The lowest BCUT2D eigenvalue weighted by Gasteiger charge is -2.17. The Bertz CT molecular complexity index is 340. The molecule has 1 heterocycles. The molecule has 3 atom stereocenters. The third-order valence-electron chi connectivity index (χ3n) is 3.11. The summed E-state index contributed by atoms with van der Waals surface area (Å²) in [5, 5.41) is 3.41. The minimum atomic E-state index is -0.247. The number of rotatable bonds is 4. The maximum Gasteiger partial charge on any atom is 0.141 e. The normalized spacial score (nSPS) is 26.3. The average Bonchev–Trinajstić information content (AvgIpc) is 2.92. The fourth-order valence-electron chi connectivity index (χ4n) is 2.15. The second-order valence-corrected chi connectivity index (χ2v) is 4.35. The van der Waals surface area contributed by atoms with E-state index in [0.717, 1.165) is 18.0 Å². The van der Waals surface area contributed by atoms with E-state index >= 15 is 0 Å². The summed E-state index contributed by atoms with van der Waals surface area (Å²) in [5.74, 6) is 1.15. The summed E-state index contributed by atoms with van der Waals surface area (Å²) in [5.41, 5.74) is 0.978. The van der Waals surface area contributed by atoms with Gasteiger partial charge in [0.2, 0.25) is 0 Å². The molecule has 3 unspecified atom stereocenters. The van der Waals surface area contributed by atoms with Crippen LogP contribution in [-0.4, -0.2) is 11.5 Å². The topological polar surface area (TPSA) is 24.9 Å². The van der Waals surface area contributed by atoms with E-state index in [9.17, 15) is 4.39 Å². The summed E-state index contributed by atoms with van der Waals surface area (Å²) < 4.78 is 13.1. The smallest absolute Gasteiger partial charge is 0.141 e. The summed E-state index contributed by atoms with van der Waals surface area (Å²) in [7, 11) is 0. The van der Waals surface area contributed by atoms with Gasteiger partial charge in [-0.05, 0) is 36.4 Å². The molecule has 1 fully saturated rings. The van der Waals surface area contributed by atoms with E-state index in [1.54, 1.807) is 12.3 Å². The third kappa shape index (κ3) is 2.34. The largest absolute Gasteiger partial charge is 0.310 e. The van der Waals surface area contributed by atoms with Crippen LogP contribution < -0.4 is 5.32 Å². The second kappa shape index (κ2) is 4.27. The van der Waals surface area contributed by atoms with Crippen molar-refractivity contribution in [3.8, 4) is 0 Å². The Morgan fingerprint density at radius 2 is 2.33 bits per heavy atom. The monoisotopic (exact) mass is 208 g/mol. The molecule has 82 valence electrons. The van der Waals surface area contributed by atoms with Crippen molar-refractivity contribution in [1.82, 2.24) is 10.3 Å². The van der Waals surface area contributed by atoms with Crippen molar-refractivity contribution in [2.24, 2.45) is 11.8 Å². The van der Waals surface area contributed by atoms with Gasteiger partial charge >= 0.3 is 0 Å². The van der Waals surface area contributed by atoms with Gasteiger partial charge in [0.15, 0.2) is 0 Å². The Morgan fingerprint density at radius 3 is 2.87 bits per heavy atom. The summed E-state index contributed by atoms with van der Waals surface area (Å²) in [4.78, 5) is 3.91. The first-order valence-electron chi connectivity index (χ1n) is 5.56. The Labute approximate surface area is 89.9 Å². The maximum absolute atomic E-state index is 13.1. The first kappa shape index (κ1) is 10.6. The Hall–Kier alpha value is -0.960. The van der Waals surface area contributed by atoms with E-state index < -0.39 is 0 Å². The second-order valence-electron chi connectivity index (χ2n) is 4.35. The average molecular weight is 208 g/mol. The number of halogens is 1. The molecule has 0 radical (unpaired) electrons. The van der Waals surface area contributed by atoms with E-state index in [2.05, 4.69) is 24.1 Å². The molecule has 2 nitrogen and oxygen atoms in total. The molecule has 2 rings (SSSR count). The molecule has 1 aromatic rings. The van der Waals surface area contributed by atoms with Gasteiger partial charge < -0.3 is 5.32 Å². The van der Waals surface area contributed by atoms with Crippen molar-refractivity contribution in [1.29, 1.82) is 0 Å². The molecule has 1 aliphatic carbocycles. The van der Waals surface area contributed by atoms with Crippen LogP contribution in [0.5, 0.6) is 0 Å². The fourth-order valence-corrected chi connectivity index (χ4v) is 2.15. The van der Waals surface area contributed by atoms with Gasteiger partial charge in [0, 0.05) is 12.2 Å². The molecule has 0 amide bonds. The van der Waals surface area contributed by atoms with E-state index in [-0.39, 0.29) is 11.9 Å². The number of hydrogen-bond donors (Lipinski definition) is 1. The quantitative estimate of drug-likeness (QED) is 0.822. The minimum Gasteiger partial charge on any atom is -0.310 e. The predicted molar refractivity (Wildman–Crippen MR) is 57.9 cm³/mol. The van der Waals surface area contributed by atoms with Crippen molar-refractivity contribution in [2.45, 2.75) is 26.3 Å². The number of pyridine rings is 1. The van der Waals surface area contributed by atoms with Crippen LogP contribution in [0.15, 0.2) is 18.5 Å². The van der Waals surface area contributed by atoms with Crippen molar-refractivity contribution in [3.05, 3.63) is 29.8 Å². The molecule has 3 heteroatoms. The molecular formula is C12H17FN2. The zero-order valence-electron chi connectivity index (χ0n) is 9.20. The number of hydrogen-bond acceptors (Lipinski definition) is 2. The van der Waals surface area contributed by atoms with Crippen LogP contribution in [-0.2, 0) is 0 Å². The lowest BCUT2D eigenvalue weighted by atomic mass is 10.0. The maximum atomic E-state index is 13.1. The van der Waals surface area contributed by atoms with Crippen LogP contribution in [0.4, 0.5) is 4.39 Å². The fraction of sp³-hybridized carbons (Fsp3) is 0.583. The van der Waals surface area contributed by atoms with E-state index in [1.165, 1.54) is 12.6 Å². The van der Waals surface area contributed by atoms with Crippen LogP contribution in [0.2, 0.25) is 0 Å². The van der Waals surface area contributed by atoms with Crippen LogP contribution in [0, 0.1) is 17.7 Å². The molecule has 0 aromatic carbocycles. The highest BCUT2D eigenvalue weighted by Crippen LogP contribution is 2.46. The summed E-state index contributed by atoms with van der Waals surface area (Å²) in [6, 6.07) is 1.86. The minimum absolute atomic E-state index is 0.247. The molecule has 0 aliphatic heterocycles. The van der Waals surface area contributed by atoms with Gasteiger partial charge in [0.25, 0.3) is 0 Å². The summed E-state index contributed by atoms with van der Waals surface area (Å²) >= 11 is 0. The van der Waals surface area contributed by atoms with Gasteiger partial charge in [-0.25, -0.2) is 4.39 Å². The van der Waals surface area contributed by atoms with Gasteiger partial charge in [-0.1, -0.05) is 13.8 Å². The van der Waals surface area contributed by atoms with Crippen LogP contribution in [0.25, 0.3) is 0 Å². The van der Waals surface area contributed by atoms with Gasteiger partial charge in [-0.15, -0.1) is 0 Å². The first-order chi connectivity index (χ1) is 7.22. The third-order valence-corrected chi connectivity index (χ3v) is 3.11. The molecule has 1 saturated carbocycles. The molecule has 1 aliphatic rings. The highest BCUT2D eigenvalue weighted by Gasteiger charge is 2.39. The summed E-state index contributed by atoms with van der Waals surface area (Å²) in [6.07, 6.45) is 4.25. The van der Waals surface area contributed by atoms with E-state index in [1.807, 2.05) is 0 Å². The molecular weight excluding hydrogens is 191 g/mol. The Morgan fingerprint density at radius 1 is 1.60 bits per heavy atom. The van der Waals surface area contributed by atoms with Gasteiger partial charge in [0.1, 0.15) is 5.82 Å². The molecule has 0 spiro atoms. The highest BCUT2D eigenvalue weighted by molar-refractivity contribution is 5.18. The SMILES string of the molecule is CCNC(c1cncc(F)c1)C1CC1C. The van der Waals surface area contributed by atoms with Crippen molar-refractivity contribution < 1.29 is 4.39 Å². The van der Waals surface area contributed by atoms with Crippen molar-refractivity contribution in [2.75, 3.05) is 6.54 Å². The predicted octanol–water partition coefficient (Wildman–Crippen LogP) is 2.53. The molecule has 15 heavy (non-hydrogen) atoms. The summed E-state index contributed by atoms with van der Waals surface area (Å²) in [6.45, 7) is 5.22. The van der Waals surface area contributed by atoms with Gasteiger partial charge in [0.05, 0.1) is 6.20 Å². The van der Waals surface area contributed by atoms with Crippen molar-refractivity contribution >= 4 is 0 Å². The first-order valence-corrected chi connectivity index (χ1v) is 5.56. The zero-order chi connectivity index (χ0) is 10.8. The number of aromatic nitrogens is 1. The Kier molecular flexibility index (Phi) is 3.00. The van der Waals surface area contributed by atoms with Gasteiger partial charge in [-0.3, -0.25) is 4.98 Å². The van der Waals surface area contributed by atoms with E-state index in [4.69, 9.17) is 0 Å². The van der Waals surface area contributed by atoms with Crippen molar-refractivity contribution in [3.63, 3.8) is 0 Å². The number of nitrogens with zero attached hydrogens (tertiary/aromatic N) is 1. The highest BCUT2D eigenvalue weighted by atomic mass is 19.1. The van der Waals surface area contributed by atoms with Gasteiger partial charge in [-0.2, -0.15) is 0 Å². The molecule has 1 N–H and O–H groups in total. The Balaban J connectivity index is 2.17. The van der Waals surface area contributed by atoms with E-state index in [0.29, 0.717) is 5.92 Å². The molecule has 0 saturated heterocycles. The van der Waals surface area contributed by atoms with Crippen LogP contribution in [0.3, 0.4) is 0 Å². The molecule has 0 bridgehead atoms. The zero-order valence-corrected chi connectivity index (χ0v) is 9.20. The van der Waals surface area contributed by atoms with Crippen LogP contribution >= 0.6 is 0 Å². The standard InChI is InChI=1S/C12H17FN2/c1-3-15-12(11-4-8(11)2)9-5-10(13)7-14-6-9/h5-8,11-12,15H,3-4H2,1-2H3. The molecule has 1 aromatic heterocycles.